The molecule has 2 atom stereocenters. The average Bonchev–Trinajstić information content (AvgIpc) is 2.60. The van der Waals surface area contributed by atoms with Crippen molar-refractivity contribution in [2.24, 2.45) is 0 Å². The number of hydrogen-bond acceptors (Lipinski definition) is 4. The molecule has 0 aromatic heterocycles. The van der Waals surface area contributed by atoms with Gasteiger partial charge in [-0.05, 0) is 43.5 Å². The second-order valence-corrected chi connectivity index (χ2v) is 6.33. The van der Waals surface area contributed by atoms with Crippen LogP contribution in [0.25, 0.3) is 0 Å². The molecular formula is C21H19Cl2NaO4. The van der Waals surface area contributed by atoms with Crippen LogP contribution >= 0.6 is 23.2 Å². The monoisotopic (exact) mass is 428 g/mol. The third kappa shape index (κ3) is 13.0. The number of rotatable bonds is 7. The summed E-state index contributed by atoms with van der Waals surface area (Å²) in [4.78, 5) is 10.2. The number of halogens is 2. The van der Waals surface area contributed by atoms with Crippen molar-refractivity contribution >= 4 is 29.2 Å². The number of allylic oxidation sites excluding steroid dienone is 3. The van der Waals surface area contributed by atoms with Crippen LogP contribution in [0, 0.1) is 23.7 Å². The third-order valence-electron chi connectivity index (χ3n) is 3.20. The van der Waals surface area contributed by atoms with E-state index in [0.717, 1.165) is 0 Å². The predicted octanol–water partition coefficient (Wildman–Crippen LogP) is -0.503. The second kappa shape index (κ2) is 15.7. The first-order valence-corrected chi connectivity index (χ1v) is 8.98. The van der Waals surface area contributed by atoms with Crippen LogP contribution in [0.4, 0.5) is 0 Å². The van der Waals surface area contributed by atoms with E-state index in [-0.39, 0.29) is 48.8 Å². The Labute approximate surface area is 197 Å². The molecule has 0 radical (unpaired) electrons. The molecule has 0 aliphatic heterocycles. The first-order chi connectivity index (χ1) is 12.9. The van der Waals surface area contributed by atoms with Crippen molar-refractivity contribution in [3.05, 3.63) is 58.1 Å². The molecule has 0 bridgehead atoms. The van der Waals surface area contributed by atoms with E-state index in [9.17, 15) is 20.1 Å². The number of aliphatic hydroxyl groups excluding tert-OH is 2. The second-order valence-electron chi connectivity index (χ2n) is 5.51. The van der Waals surface area contributed by atoms with Gasteiger partial charge in [-0.3, -0.25) is 0 Å². The quantitative estimate of drug-likeness (QED) is 0.348. The normalized spacial score (nSPS) is 12.4. The minimum absolute atomic E-state index is 0. The fourth-order valence-electron chi connectivity index (χ4n) is 1.85. The van der Waals surface area contributed by atoms with Gasteiger partial charge in [0, 0.05) is 18.0 Å². The van der Waals surface area contributed by atoms with Crippen LogP contribution in [0.15, 0.2) is 42.5 Å². The summed E-state index contributed by atoms with van der Waals surface area (Å²) in [6.07, 6.45) is 5.49. The maximum Gasteiger partial charge on any atom is 1.00 e. The molecule has 0 aliphatic carbocycles. The number of benzene rings is 1. The zero-order chi connectivity index (χ0) is 20.1. The molecule has 28 heavy (non-hydrogen) atoms. The third-order valence-corrected chi connectivity index (χ3v) is 3.93. The van der Waals surface area contributed by atoms with E-state index < -0.39 is 18.2 Å². The van der Waals surface area contributed by atoms with Gasteiger partial charge in [-0.15, -0.1) is 0 Å². The Balaban J connectivity index is 0.00000729. The van der Waals surface area contributed by atoms with Crippen LogP contribution in [-0.2, 0) is 4.79 Å². The number of carbonyl (C=O) groups excluding carboxylic acids is 1. The molecule has 0 amide bonds. The predicted molar refractivity (Wildman–Crippen MR) is 105 cm³/mol. The van der Waals surface area contributed by atoms with E-state index in [1.54, 1.807) is 36.4 Å². The Hall–Kier alpha value is -1.21. The zero-order valence-electron chi connectivity index (χ0n) is 15.5. The van der Waals surface area contributed by atoms with E-state index in [1.165, 1.54) is 6.08 Å². The van der Waals surface area contributed by atoms with Gasteiger partial charge in [-0.2, -0.15) is 0 Å². The Morgan fingerprint density at radius 1 is 1.21 bits per heavy atom. The van der Waals surface area contributed by atoms with Crippen LogP contribution in [-0.4, -0.2) is 28.4 Å². The molecule has 0 unspecified atom stereocenters. The fraction of sp³-hybridized carbons (Fsp3) is 0.286. The molecule has 2 N–H and O–H groups in total. The number of aliphatic hydroxyl groups is 2. The fourth-order valence-corrected chi connectivity index (χ4v) is 2.15. The maximum atomic E-state index is 10.2. The smallest absolute Gasteiger partial charge is 0.550 e. The first kappa shape index (κ1) is 26.8. The molecule has 1 aromatic rings. The minimum atomic E-state index is -1.14. The molecule has 142 valence electrons. The van der Waals surface area contributed by atoms with Gasteiger partial charge in [0.1, 0.15) is 6.10 Å². The summed E-state index contributed by atoms with van der Waals surface area (Å²) in [5, 5.41) is 30.5. The number of carbonyl (C=O) groups is 1. The number of carboxylic acid groups (broad SMARTS) is 1. The van der Waals surface area contributed by atoms with Crippen molar-refractivity contribution in [1.29, 1.82) is 0 Å². The average molecular weight is 429 g/mol. The molecule has 0 saturated carbocycles. The van der Waals surface area contributed by atoms with Crippen LogP contribution < -0.4 is 34.7 Å². The largest absolute Gasteiger partial charge is 1.00 e. The molecule has 0 heterocycles. The number of hydrogen-bond donors (Lipinski definition) is 2. The standard InChI is InChI=1S/C21H20Cl2O4.Na/c22-19-14-13-16(15-20(19)23)7-5-10-17(24)8-3-1-2-4-9-18(25)11-6-12-21(26)27;/h1-3,8,13-15,17-18,24-25H,6,10-12H2,(H,26,27);/q;+1/p-1/b2-1+,8-3+;/t17-,18-;/m0./s1. The summed E-state index contributed by atoms with van der Waals surface area (Å²) in [5.41, 5.74) is 0.717. The van der Waals surface area contributed by atoms with Gasteiger partial charge in [0.2, 0.25) is 0 Å². The minimum Gasteiger partial charge on any atom is -0.550 e. The van der Waals surface area contributed by atoms with Crippen LogP contribution in [0.5, 0.6) is 0 Å². The number of aliphatic carboxylic acids is 1. The van der Waals surface area contributed by atoms with Crippen molar-refractivity contribution in [2.45, 2.75) is 37.9 Å². The SMILES string of the molecule is O=C([O-])CCC[C@@H](O)C#C/C=C/C=C/[C@H](O)CC#Cc1ccc(Cl)c(Cl)c1.[Na+]. The van der Waals surface area contributed by atoms with Gasteiger partial charge in [0.05, 0.1) is 16.1 Å². The summed E-state index contributed by atoms with van der Waals surface area (Å²) >= 11 is 11.7. The zero-order valence-corrected chi connectivity index (χ0v) is 19.0. The van der Waals surface area contributed by atoms with Crippen molar-refractivity contribution in [3.8, 4) is 23.7 Å². The topological polar surface area (TPSA) is 80.6 Å². The van der Waals surface area contributed by atoms with E-state index in [2.05, 4.69) is 23.7 Å². The van der Waals surface area contributed by atoms with Crippen LogP contribution in [0.3, 0.4) is 0 Å². The van der Waals surface area contributed by atoms with Gasteiger partial charge < -0.3 is 20.1 Å². The molecule has 4 nitrogen and oxygen atoms in total. The van der Waals surface area contributed by atoms with E-state index in [1.807, 2.05) is 0 Å². The van der Waals surface area contributed by atoms with Crippen molar-refractivity contribution in [3.63, 3.8) is 0 Å². The Kier molecular flexibility index (Phi) is 15.0. The van der Waals surface area contributed by atoms with Gasteiger partial charge >= 0.3 is 29.6 Å². The molecule has 0 aliphatic rings. The van der Waals surface area contributed by atoms with Gasteiger partial charge in [-0.25, -0.2) is 0 Å². The van der Waals surface area contributed by atoms with Gasteiger partial charge in [0.15, 0.2) is 0 Å². The van der Waals surface area contributed by atoms with Crippen molar-refractivity contribution in [2.75, 3.05) is 0 Å². The first-order valence-electron chi connectivity index (χ1n) is 8.22. The van der Waals surface area contributed by atoms with Crippen LogP contribution in [0.2, 0.25) is 10.0 Å². The van der Waals surface area contributed by atoms with E-state index >= 15 is 0 Å². The molecule has 1 rings (SSSR count). The van der Waals surface area contributed by atoms with Gasteiger partial charge in [0.25, 0.3) is 0 Å². The van der Waals surface area contributed by atoms with Gasteiger partial charge in [-0.1, -0.05) is 65.1 Å². The summed E-state index contributed by atoms with van der Waals surface area (Å²) in [6.45, 7) is 0. The molecule has 0 spiro atoms. The number of carboxylic acids is 1. The maximum absolute atomic E-state index is 10.2. The molecule has 1 aromatic carbocycles. The molecule has 7 heteroatoms. The van der Waals surface area contributed by atoms with E-state index in [4.69, 9.17) is 23.2 Å². The van der Waals surface area contributed by atoms with E-state index in [0.29, 0.717) is 22.0 Å². The molecule has 0 fully saturated rings. The van der Waals surface area contributed by atoms with Crippen LogP contribution in [0.1, 0.15) is 31.2 Å². The molecule has 0 saturated heterocycles. The summed E-state index contributed by atoms with van der Waals surface area (Å²) in [7, 11) is 0. The molecular weight excluding hydrogens is 410 g/mol. The Morgan fingerprint density at radius 2 is 1.96 bits per heavy atom. The Bertz CT molecular complexity index is 813. The van der Waals surface area contributed by atoms with Crippen molar-refractivity contribution in [1.82, 2.24) is 0 Å². The summed E-state index contributed by atoms with van der Waals surface area (Å²) in [5.74, 6) is 9.83. The Morgan fingerprint density at radius 3 is 2.64 bits per heavy atom. The van der Waals surface area contributed by atoms with Crippen molar-refractivity contribution < 1.29 is 49.7 Å². The summed E-state index contributed by atoms with van der Waals surface area (Å²) in [6, 6.07) is 5.07. The summed E-state index contributed by atoms with van der Waals surface area (Å²) < 4.78 is 0.